The van der Waals surface area contributed by atoms with E-state index in [4.69, 9.17) is 16.3 Å². The van der Waals surface area contributed by atoms with Gasteiger partial charge in [0.1, 0.15) is 5.75 Å². The van der Waals surface area contributed by atoms with Crippen LogP contribution in [0.5, 0.6) is 5.75 Å². The maximum absolute atomic E-state index is 12.5. The van der Waals surface area contributed by atoms with Gasteiger partial charge in [-0.3, -0.25) is 0 Å². The standard InChI is InChI=1S/C13H20ClNO3S/c1-4-9-15(2)19(16,17)13-6-5-12(18-3)10-11(13)7-8-14/h5-6,10H,4,7-9H2,1-3H3. The normalized spacial score (nSPS) is 11.8. The van der Waals surface area contributed by atoms with Crippen molar-refractivity contribution >= 4 is 21.6 Å². The first kappa shape index (κ1) is 16.3. The van der Waals surface area contributed by atoms with Crippen molar-refractivity contribution in [1.82, 2.24) is 4.31 Å². The van der Waals surface area contributed by atoms with Gasteiger partial charge in [0.2, 0.25) is 10.0 Å². The molecule has 0 saturated carbocycles. The summed E-state index contributed by atoms with van der Waals surface area (Å²) in [6.45, 7) is 2.44. The van der Waals surface area contributed by atoms with Gasteiger partial charge in [0.05, 0.1) is 12.0 Å². The molecule has 0 fully saturated rings. The lowest BCUT2D eigenvalue weighted by Gasteiger charge is -2.19. The van der Waals surface area contributed by atoms with Crippen molar-refractivity contribution in [3.8, 4) is 5.75 Å². The van der Waals surface area contributed by atoms with Crippen molar-refractivity contribution in [1.29, 1.82) is 0 Å². The van der Waals surface area contributed by atoms with Crippen LogP contribution in [0.15, 0.2) is 23.1 Å². The summed E-state index contributed by atoms with van der Waals surface area (Å²) in [6.07, 6.45) is 1.27. The van der Waals surface area contributed by atoms with Gasteiger partial charge in [-0.2, -0.15) is 0 Å². The molecule has 0 aliphatic carbocycles. The molecule has 0 aliphatic rings. The SMILES string of the molecule is CCCN(C)S(=O)(=O)c1ccc(OC)cc1CCCl. The molecule has 0 amide bonds. The fourth-order valence-electron chi connectivity index (χ4n) is 1.83. The minimum Gasteiger partial charge on any atom is -0.497 e. The number of nitrogens with zero attached hydrogens (tertiary/aromatic N) is 1. The van der Waals surface area contributed by atoms with Gasteiger partial charge >= 0.3 is 0 Å². The molecule has 1 aromatic carbocycles. The summed E-state index contributed by atoms with van der Waals surface area (Å²) in [6, 6.07) is 4.97. The summed E-state index contributed by atoms with van der Waals surface area (Å²) in [5, 5.41) is 0. The van der Waals surface area contributed by atoms with Crippen LogP contribution in [0.4, 0.5) is 0 Å². The van der Waals surface area contributed by atoms with E-state index in [1.165, 1.54) is 4.31 Å². The summed E-state index contributed by atoms with van der Waals surface area (Å²) in [7, 11) is -0.316. The van der Waals surface area contributed by atoms with Gasteiger partial charge in [-0.1, -0.05) is 6.92 Å². The summed E-state index contributed by atoms with van der Waals surface area (Å²) in [5.74, 6) is 1.00. The Kier molecular flexibility index (Phi) is 6.10. The van der Waals surface area contributed by atoms with E-state index in [1.54, 1.807) is 32.4 Å². The monoisotopic (exact) mass is 305 g/mol. The molecular formula is C13H20ClNO3S. The lowest BCUT2D eigenvalue weighted by molar-refractivity contribution is 0.413. The molecule has 1 rings (SSSR count). The first-order valence-corrected chi connectivity index (χ1v) is 8.14. The quantitative estimate of drug-likeness (QED) is 0.727. The number of benzene rings is 1. The molecule has 0 N–H and O–H groups in total. The molecule has 6 heteroatoms. The van der Waals surface area contributed by atoms with Gasteiger partial charge in [0.25, 0.3) is 0 Å². The molecule has 1 aromatic rings. The molecule has 0 aliphatic heterocycles. The van der Waals surface area contributed by atoms with Crippen molar-refractivity contribution in [2.45, 2.75) is 24.7 Å². The highest BCUT2D eigenvalue weighted by Crippen LogP contribution is 2.25. The van der Waals surface area contributed by atoms with Crippen molar-refractivity contribution in [2.24, 2.45) is 0 Å². The third-order valence-corrected chi connectivity index (χ3v) is 5.00. The number of rotatable bonds is 7. The van der Waals surface area contributed by atoms with Gasteiger partial charge in [-0.15, -0.1) is 11.6 Å². The third kappa shape index (κ3) is 3.84. The lowest BCUT2D eigenvalue weighted by Crippen LogP contribution is -2.28. The Balaban J connectivity index is 3.24. The van der Waals surface area contributed by atoms with Crippen molar-refractivity contribution in [2.75, 3.05) is 26.6 Å². The second-order valence-electron chi connectivity index (χ2n) is 4.24. The van der Waals surface area contributed by atoms with Crippen LogP contribution in [-0.2, 0) is 16.4 Å². The topological polar surface area (TPSA) is 46.6 Å². The molecule has 0 radical (unpaired) electrons. The smallest absolute Gasteiger partial charge is 0.243 e. The highest BCUT2D eigenvalue weighted by Gasteiger charge is 2.23. The van der Waals surface area contributed by atoms with E-state index in [-0.39, 0.29) is 0 Å². The number of halogens is 1. The van der Waals surface area contributed by atoms with Gasteiger partial charge < -0.3 is 4.74 Å². The first-order chi connectivity index (χ1) is 8.97. The van der Waals surface area contributed by atoms with E-state index in [2.05, 4.69) is 0 Å². The van der Waals surface area contributed by atoms with Gasteiger partial charge in [-0.05, 0) is 36.6 Å². The molecule has 0 spiro atoms. The predicted octanol–water partition coefficient (Wildman–Crippen LogP) is 2.51. The van der Waals surface area contributed by atoms with Gasteiger partial charge in [0, 0.05) is 19.5 Å². The van der Waals surface area contributed by atoms with Crippen LogP contribution < -0.4 is 4.74 Å². The molecule has 108 valence electrons. The van der Waals surface area contributed by atoms with E-state index in [1.807, 2.05) is 6.92 Å². The summed E-state index contributed by atoms with van der Waals surface area (Å²) < 4.78 is 31.4. The Labute approximate surface area is 120 Å². The lowest BCUT2D eigenvalue weighted by atomic mass is 10.1. The van der Waals surface area contributed by atoms with Crippen molar-refractivity contribution in [3.63, 3.8) is 0 Å². The molecule has 19 heavy (non-hydrogen) atoms. The molecule has 0 unspecified atom stereocenters. The minimum atomic E-state index is -3.46. The second kappa shape index (κ2) is 7.12. The Morgan fingerprint density at radius 2 is 2.05 bits per heavy atom. The molecular weight excluding hydrogens is 286 g/mol. The average Bonchev–Trinajstić information content (AvgIpc) is 2.39. The van der Waals surface area contributed by atoms with Crippen molar-refractivity contribution in [3.05, 3.63) is 23.8 Å². The van der Waals surface area contributed by atoms with Crippen LogP contribution in [0.2, 0.25) is 0 Å². The number of ether oxygens (including phenoxy) is 1. The largest absolute Gasteiger partial charge is 0.497 e. The zero-order valence-electron chi connectivity index (χ0n) is 11.5. The van der Waals surface area contributed by atoms with E-state index in [9.17, 15) is 8.42 Å². The fraction of sp³-hybridized carbons (Fsp3) is 0.538. The van der Waals surface area contributed by atoms with Crippen LogP contribution in [0.25, 0.3) is 0 Å². The van der Waals surface area contributed by atoms with Crippen molar-refractivity contribution < 1.29 is 13.2 Å². The average molecular weight is 306 g/mol. The number of alkyl halides is 1. The number of sulfonamides is 1. The molecule has 0 atom stereocenters. The highest BCUT2D eigenvalue weighted by molar-refractivity contribution is 7.89. The maximum Gasteiger partial charge on any atom is 0.243 e. The zero-order chi connectivity index (χ0) is 14.5. The Morgan fingerprint density at radius 1 is 1.37 bits per heavy atom. The van der Waals surface area contributed by atoms with E-state index < -0.39 is 10.0 Å². The van der Waals surface area contributed by atoms with Crippen LogP contribution >= 0.6 is 11.6 Å². The third-order valence-electron chi connectivity index (χ3n) is 2.86. The van der Waals surface area contributed by atoms with Gasteiger partial charge in [-0.25, -0.2) is 12.7 Å². The molecule has 0 saturated heterocycles. The van der Waals surface area contributed by atoms with Crippen LogP contribution in [0.3, 0.4) is 0 Å². The number of hydrogen-bond donors (Lipinski definition) is 0. The van der Waals surface area contributed by atoms with Crippen LogP contribution in [0.1, 0.15) is 18.9 Å². The van der Waals surface area contributed by atoms with E-state index in [0.29, 0.717) is 35.1 Å². The Hall–Kier alpha value is -0.780. The number of aryl methyl sites for hydroxylation is 1. The Bertz CT molecular complexity index is 517. The summed E-state index contributed by atoms with van der Waals surface area (Å²) >= 11 is 5.75. The zero-order valence-corrected chi connectivity index (χ0v) is 13.1. The molecule has 0 aromatic heterocycles. The second-order valence-corrected chi connectivity index (χ2v) is 6.63. The van der Waals surface area contributed by atoms with E-state index >= 15 is 0 Å². The molecule has 0 heterocycles. The predicted molar refractivity (Wildman–Crippen MR) is 77.5 cm³/mol. The highest BCUT2D eigenvalue weighted by atomic mass is 35.5. The number of hydrogen-bond acceptors (Lipinski definition) is 3. The summed E-state index contributed by atoms with van der Waals surface area (Å²) in [4.78, 5) is 0.310. The fourth-order valence-corrected chi connectivity index (χ4v) is 3.53. The maximum atomic E-state index is 12.5. The van der Waals surface area contributed by atoms with Crippen LogP contribution in [-0.4, -0.2) is 39.3 Å². The Morgan fingerprint density at radius 3 is 2.58 bits per heavy atom. The first-order valence-electron chi connectivity index (χ1n) is 6.16. The number of methoxy groups -OCH3 is 1. The summed E-state index contributed by atoms with van der Waals surface area (Å²) in [5.41, 5.74) is 0.692. The van der Waals surface area contributed by atoms with Crippen LogP contribution in [0, 0.1) is 0 Å². The molecule has 4 nitrogen and oxygen atoms in total. The van der Waals surface area contributed by atoms with E-state index in [0.717, 1.165) is 6.42 Å². The van der Waals surface area contributed by atoms with Gasteiger partial charge in [0.15, 0.2) is 0 Å². The minimum absolute atomic E-state index is 0.310. The molecule has 0 bridgehead atoms.